The second-order valence-electron chi connectivity index (χ2n) is 9.46. The standard InChI is InChI=1S/C22H38O5Si/c1-9-19(27-28(7,8)22(3,4)5)20(15(2)14-23)17(21(25)26-6)13-16-11-10-12-18(16)24/h14,16-17,19-20H,2,9-13H2,1,3-8H3/t16-,17-,19-,20+/m1/s1. The van der Waals surface area contributed by atoms with E-state index in [1.165, 1.54) is 7.11 Å². The third-order valence-electron chi connectivity index (χ3n) is 6.54. The minimum atomic E-state index is -2.13. The van der Waals surface area contributed by atoms with Crippen molar-refractivity contribution in [1.82, 2.24) is 0 Å². The minimum Gasteiger partial charge on any atom is -0.469 e. The van der Waals surface area contributed by atoms with Crippen LogP contribution in [0.2, 0.25) is 18.1 Å². The Hall–Kier alpha value is -1.27. The van der Waals surface area contributed by atoms with E-state index >= 15 is 0 Å². The first-order chi connectivity index (χ1) is 12.9. The van der Waals surface area contributed by atoms with Gasteiger partial charge in [0.2, 0.25) is 0 Å². The number of carbonyl (C=O) groups excluding carboxylic acids is 3. The summed E-state index contributed by atoms with van der Waals surface area (Å²) in [6, 6.07) is 0. The molecule has 0 aromatic rings. The molecule has 1 aliphatic rings. The largest absolute Gasteiger partial charge is 0.469 e. The number of carbonyl (C=O) groups is 3. The van der Waals surface area contributed by atoms with Crippen molar-refractivity contribution in [2.75, 3.05) is 7.11 Å². The molecule has 0 heterocycles. The van der Waals surface area contributed by atoms with Gasteiger partial charge in [-0.1, -0.05) is 34.3 Å². The van der Waals surface area contributed by atoms with Gasteiger partial charge in [0.15, 0.2) is 8.32 Å². The minimum absolute atomic E-state index is 0.00430. The van der Waals surface area contributed by atoms with E-state index < -0.39 is 26.1 Å². The van der Waals surface area contributed by atoms with Gasteiger partial charge in [-0.15, -0.1) is 0 Å². The molecule has 0 aromatic heterocycles. The molecule has 0 aromatic carbocycles. The number of Topliss-reactive ketones (excluding diaryl/α,β-unsaturated/α-hetero) is 1. The number of methoxy groups -OCH3 is 1. The van der Waals surface area contributed by atoms with Crippen molar-refractivity contribution in [1.29, 1.82) is 0 Å². The zero-order chi connectivity index (χ0) is 21.7. The zero-order valence-corrected chi connectivity index (χ0v) is 19.7. The number of aldehydes is 1. The van der Waals surface area contributed by atoms with E-state index in [1.54, 1.807) is 0 Å². The summed E-state index contributed by atoms with van der Waals surface area (Å²) < 4.78 is 11.7. The first-order valence-corrected chi connectivity index (χ1v) is 13.2. The lowest BCUT2D eigenvalue weighted by molar-refractivity contribution is -0.149. The van der Waals surface area contributed by atoms with E-state index in [4.69, 9.17) is 9.16 Å². The number of rotatable bonds is 10. The van der Waals surface area contributed by atoms with Crippen LogP contribution < -0.4 is 0 Å². The summed E-state index contributed by atoms with van der Waals surface area (Å²) in [4.78, 5) is 36.6. The van der Waals surface area contributed by atoms with Gasteiger partial charge >= 0.3 is 5.97 Å². The van der Waals surface area contributed by atoms with E-state index in [9.17, 15) is 14.4 Å². The quantitative estimate of drug-likeness (QED) is 0.226. The Kier molecular flexibility index (Phi) is 8.82. The van der Waals surface area contributed by atoms with Gasteiger partial charge in [0.25, 0.3) is 0 Å². The molecule has 0 spiro atoms. The van der Waals surface area contributed by atoms with Crippen LogP contribution in [0.3, 0.4) is 0 Å². The van der Waals surface area contributed by atoms with E-state index in [0.29, 0.717) is 24.8 Å². The molecular weight excluding hydrogens is 372 g/mol. The van der Waals surface area contributed by atoms with Crippen LogP contribution in [0.15, 0.2) is 12.2 Å². The SMILES string of the molecule is C=C(C=O)[C@H]([C@@H](CC)O[Si](C)(C)C(C)(C)C)[C@@H](C[C@H]1CCCC1=O)C(=O)OC. The van der Waals surface area contributed by atoms with Crippen molar-refractivity contribution < 1.29 is 23.5 Å². The van der Waals surface area contributed by atoms with Gasteiger partial charge < -0.3 is 9.16 Å². The Morgan fingerprint density at radius 2 is 1.96 bits per heavy atom. The van der Waals surface area contributed by atoms with E-state index in [2.05, 4.69) is 40.4 Å². The highest BCUT2D eigenvalue weighted by atomic mass is 28.4. The van der Waals surface area contributed by atoms with Crippen LogP contribution in [0.4, 0.5) is 0 Å². The smallest absolute Gasteiger partial charge is 0.309 e. The highest BCUT2D eigenvalue weighted by Gasteiger charge is 2.45. The molecule has 0 N–H and O–H groups in total. The Bertz CT molecular complexity index is 590. The number of ether oxygens (including phenoxy) is 1. The summed E-state index contributed by atoms with van der Waals surface area (Å²) in [5.41, 5.74) is 0.339. The summed E-state index contributed by atoms with van der Waals surface area (Å²) in [6.45, 7) is 16.7. The molecule has 0 bridgehead atoms. The van der Waals surface area contributed by atoms with E-state index in [0.717, 1.165) is 19.1 Å². The highest BCUT2D eigenvalue weighted by Crippen LogP contribution is 2.42. The van der Waals surface area contributed by atoms with Gasteiger partial charge in [0, 0.05) is 18.3 Å². The highest BCUT2D eigenvalue weighted by molar-refractivity contribution is 6.74. The predicted molar refractivity (Wildman–Crippen MR) is 114 cm³/mol. The van der Waals surface area contributed by atoms with Crippen LogP contribution in [-0.2, 0) is 23.5 Å². The van der Waals surface area contributed by atoms with Crippen LogP contribution in [0.1, 0.15) is 59.8 Å². The van der Waals surface area contributed by atoms with Crippen LogP contribution in [-0.4, -0.2) is 39.6 Å². The molecule has 1 rings (SSSR count). The van der Waals surface area contributed by atoms with Gasteiger partial charge in [-0.25, -0.2) is 0 Å². The third kappa shape index (κ3) is 5.86. The maximum atomic E-state index is 12.7. The average molecular weight is 411 g/mol. The topological polar surface area (TPSA) is 69.7 Å². The normalized spacial score (nSPS) is 21.1. The summed E-state index contributed by atoms with van der Waals surface area (Å²) in [5.74, 6) is -1.45. The van der Waals surface area contributed by atoms with Crippen molar-refractivity contribution in [3.05, 3.63) is 12.2 Å². The van der Waals surface area contributed by atoms with E-state index in [1.807, 2.05) is 6.92 Å². The van der Waals surface area contributed by atoms with Crippen LogP contribution in [0.25, 0.3) is 0 Å². The molecule has 5 nitrogen and oxygen atoms in total. The molecule has 160 valence electrons. The molecule has 1 saturated carbocycles. The molecule has 1 aliphatic carbocycles. The molecular formula is C22H38O5Si. The molecule has 0 radical (unpaired) electrons. The van der Waals surface area contributed by atoms with Crippen molar-refractivity contribution in [2.45, 2.75) is 84.0 Å². The maximum Gasteiger partial charge on any atom is 0.309 e. The lowest BCUT2D eigenvalue weighted by Crippen LogP contribution is -2.48. The summed E-state index contributed by atoms with van der Waals surface area (Å²) in [7, 11) is -0.786. The Morgan fingerprint density at radius 3 is 2.36 bits per heavy atom. The van der Waals surface area contributed by atoms with Gasteiger partial charge in [-0.2, -0.15) is 0 Å². The van der Waals surface area contributed by atoms with E-state index in [-0.39, 0.29) is 22.8 Å². The fourth-order valence-electron chi connectivity index (χ4n) is 3.79. The Balaban J connectivity index is 3.28. The summed E-state index contributed by atoms with van der Waals surface area (Å²) >= 11 is 0. The molecule has 4 atom stereocenters. The van der Waals surface area contributed by atoms with Crippen LogP contribution >= 0.6 is 0 Å². The van der Waals surface area contributed by atoms with Crippen LogP contribution in [0.5, 0.6) is 0 Å². The summed E-state index contributed by atoms with van der Waals surface area (Å²) in [5, 5.41) is -0.00430. The molecule has 0 unspecified atom stereocenters. The van der Waals surface area contributed by atoms with Crippen molar-refractivity contribution in [2.24, 2.45) is 17.8 Å². The van der Waals surface area contributed by atoms with Crippen molar-refractivity contribution in [3.63, 3.8) is 0 Å². The van der Waals surface area contributed by atoms with Gasteiger partial charge in [0.1, 0.15) is 12.1 Å². The lowest BCUT2D eigenvalue weighted by atomic mass is 9.76. The Labute approximate surface area is 171 Å². The monoisotopic (exact) mass is 410 g/mol. The fourth-order valence-corrected chi connectivity index (χ4v) is 5.21. The van der Waals surface area contributed by atoms with Crippen molar-refractivity contribution in [3.8, 4) is 0 Å². The molecule has 1 fully saturated rings. The Morgan fingerprint density at radius 1 is 1.36 bits per heavy atom. The average Bonchev–Trinajstić information content (AvgIpc) is 3.02. The number of ketones is 1. The molecule has 0 amide bonds. The summed E-state index contributed by atoms with van der Waals surface area (Å²) in [6.07, 6.45) is 3.64. The second-order valence-corrected chi connectivity index (χ2v) is 14.2. The third-order valence-corrected chi connectivity index (χ3v) is 11.0. The molecule has 0 saturated heterocycles. The predicted octanol–water partition coefficient (Wildman–Crippen LogP) is 4.71. The first-order valence-electron chi connectivity index (χ1n) is 10.3. The number of hydrogen-bond acceptors (Lipinski definition) is 5. The van der Waals surface area contributed by atoms with Gasteiger partial charge in [0.05, 0.1) is 19.1 Å². The molecule has 28 heavy (non-hydrogen) atoms. The van der Waals surface area contributed by atoms with Crippen LogP contribution in [0, 0.1) is 17.8 Å². The number of esters is 1. The fraction of sp³-hybridized carbons (Fsp3) is 0.773. The van der Waals surface area contributed by atoms with Gasteiger partial charge in [-0.05, 0) is 49.4 Å². The zero-order valence-electron chi connectivity index (χ0n) is 18.7. The first kappa shape index (κ1) is 24.8. The molecule has 6 heteroatoms. The lowest BCUT2D eigenvalue weighted by Gasteiger charge is -2.42. The molecule has 0 aliphatic heterocycles. The maximum absolute atomic E-state index is 12.7. The number of hydrogen-bond donors (Lipinski definition) is 0. The van der Waals surface area contributed by atoms with Crippen molar-refractivity contribution >= 4 is 26.4 Å². The van der Waals surface area contributed by atoms with Gasteiger partial charge in [-0.3, -0.25) is 14.4 Å². The second kappa shape index (κ2) is 9.97.